The summed E-state index contributed by atoms with van der Waals surface area (Å²) >= 11 is 1.64. The van der Waals surface area contributed by atoms with E-state index in [1.54, 1.807) is 11.3 Å². The highest BCUT2D eigenvalue weighted by atomic mass is 32.1. The molecular weight excluding hydrogens is 272 g/mol. The van der Waals surface area contributed by atoms with Crippen molar-refractivity contribution in [2.75, 3.05) is 23.9 Å². The molecule has 0 radical (unpaired) electrons. The van der Waals surface area contributed by atoms with Crippen LogP contribution in [0.25, 0.3) is 10.2 Å². The fourth-order valence-corrected chi connectivity index (χ4v) is 2.99. The van der Waals surface area contributed by atoms with Gasteiger partial charge in [0.1, 0.15) is 10.6 Å². The summed E-state index contributed by atoms with van der Waals surface area (Å²) in [6, 6.07) is 4.35. The molecule has 0 fully saturated rings. The standard InChI is InChI=1S/C13H18N6S/c1-4-9-5-10-11(19(3)7-8(2)6-14)16-13(18-15)17-12(10)20-9/h5,8H,4,7,15H2,1-3H3,(H,16,17,18). The fraction of sp³-hybridized carbons (Fsp3) is 0.462. The smallest absolute Gasteiger partial charge is 0.240 e. The van der Waals surface area contributed by atoms with Gasteiger partial charge >= 0.3 is 0 Å². The first-order chi connectivity index (χ1) is 9.58. The van der Waals surface area contributed by atoms with E-state index >= 15 is 0 Å². The Morgan fingerprint density at radius 3 is 2.90 bits per heavy atom. The normalized spacial score (nSPS) is 12.2. The molecule has 1 unspecified atom stereocenters. The lowest BCUT2D eigenvalue weighted by Crippen LogP contribution is -2.25. The van der Waals surface area contributed by atoms with Gasteiger partial charge in [-0.25, -0.2) is 10.8 Å². The van der Waals surface area contributed by atoms with Gasteiger partial charge in [-0.2, -0.15) is 10.2 Å². The monoisotopic (exact) mass is 290 g/mol. The molecule has 7 heteroatoms. The lowest BCUT2D eigenvalue weighted by atomic mass is 10.2. The molecule has 0 bridgehead atoms. The van der Waals surface area contributed by atoms with Gasteiger partial charge in [-0.15, -0.1) is 11.3 Å². The number of rotatable bonds is 5. The highest BCUT2D eigenvalue weighted by molar-refractivity contribution is 7.18. The topological polar surface area (TPSA) is 90.9 Å². The molecule has 2 heterocycles. The van der Waals surface area contributed by atoms with E-state index in [0.717, 1.165) is 22.5 Å². The lowest BCUT2D eigenvalue weighted by molar-refractivity contribution is 0.712. The number of hydrogen-bond donors (Lipinski definition) is 2. The van der Waals surface area contributed by atoms with E-state index in [2.05, 4.69) is 34.5 Å². The summed E-state index contributed by atoms with van der Waals surface area (Å²) in [5.41, 5.74) is 2.50. The number of aryl methyl sites for hydroxylation is 1. The van der Waals surface area contributed by atoms with Crippen molar-refractivity contribution in [2.24, 2.45) is 11.8 Å². The van der Waals surface area contributed by atoms with Gasteiger partial charge in [-0.05, 0) is 19.4 Å². The van der Waals surface area contributed by atoms with Crippen LogP contribution in [-0.2, 0) is 6.42 Å². The van der Waals surface area contributed by atoms with Gasteiger partial charge in [0, 0.05) is 18.5 Å². The minimum atomic E-state index is -0.0661. The molecular formula is C13H18N6S. The van der Waals surface area contributed by atoms with Gasteiger partial charge in [0.2, 0.25) is 5.95 Å². The quantitative estimate of drug-likeness (QED) is 0.647. The Labute approximate surface area is 122 Å². The van der Waals surface area contributed by atoms with Crippen LogP contribution in [0.5, 0.6) is 0 Å². The minimum absolute atomic E-state index is 0.0661. The molecule has 0 aliphatic carbocycles. The molecule has 6 nitrogen and oxygen atoms in total. The zero-order chi connectivity index (χ0) is 14.7. The zero-order valence-corrected chi connectivity index (χ0v) is 12.7. The number of nitrogens with two attached hydrogens (primary N) is 1. The first-order valence-electron chi connectivity index (χ1n) is 6.46. The maximum absolute atomic E-state index is 8.95. The molecule has 106 valence electrons. The average molecular weight is 290 g/mol. The SMILES string of the molecule is CCc1cc2c(N(C)CC(C)C#N)nc(NN)nc2s1. The molecule has 0 aromatic carbocycles. The van der Waals surface area contributed by atoms with E-state index in [1.807, 2.05) is 18.9 Å². The van der Waals surface area contributed by atoms with Gasteiger partial charge in [-0.1, -0.05) is 6.92 Å². The average Bonchev–Trinajstić information content (AvgIpc) is 2.88. The van der Waals surface area contributed by atoms with Crippen molar-refractivity contribution in [3.8, 4) is 6.07 Å². The molecule has 2 aromatic heterocycles. The molecule has 0 aliphatic rings. The van der Waals surface area contributed by atoms with Crippen LogP contribution in [0.1, 0.15) is 18.7 Å². The van der Waals surface area contributed by atoms with Crippen molar-refractivity contribution in [1.29, 1.82) is 5.26 Å². The van der Waals surface area contributed by atoms with Crippen molar-refractivity contribution >= 4 is 33.3 Å². The molecule has 0 spiro atoms. The Bertz CT molecular complexity index is 644. The molecule has 1 atom stereocenters. The predicted octanol–water partition coefficient (Wildman–Crippen LogP) is 2.14. The number of nitrogen functional groups attached to an aromatic ring is 1. The number of hydrazine groups is 1. The molecule has 0 amide bonds. The summed E-state index contributed by atoms with van der Waals surface area (Å²) in [6.07, 6.45) is 0.962. The number of nitriles is 1. The third-order valence-corrected chi connectivity index (χ3v) is 4.20. The molecule has 0 saturated heterocycles. The van der Waals surface area contributed by atoms with Crippen molar-refractivity contribution in [2.45, 2.75) is 20.3 Å². The lowest BCUT2D eigenvalue weighted by Gasteiger charge is -2.20. The van der Waals surface area contributed by atoms with Gasteiger partial charge in [0.15, 0.2) is 0 Å². The van der Waals surface area contributed by atoms with Crippen molar-refractivity contribution < 1.29 is 0 Å². The second-order valence-corrected chi connectivity index (χ2v) is 5.83. The Morgan fingerprint density at radius 1 is 1.55 bits per heavy atom. The van der Waals surface area contributed by atoms with Gasteiger partial charge in [-0.3, -0.25) is 5.43 Å². The Hall–Kier alpha value is -1.91. The summed E-state index contributed by atoms with van der Waals surface area (Å²) in [4.78, 5) is 13.0. The molecule has 2 rings (SSSR count). The van der Waals surface area contributed by atoms with E-state index in [0.29, 0.717) is 12.5 Å². The van der Waals surface area contributed by atoms with Crippen molar-refractivity contribution in [3.63, 3.8) is 0 Å². The van der Waals surface area contributed by atoms with E-state index in [1.165, 1.54) is 4.88 Å². The van der Waals surface area contributed by atoms with Crippen LogP contribution in [0.3, 0.4) is 0 Å². The van der Waals surface area contributed by atoms with E-state index < -0.39 is 0 Å². The number of fused-ring (bicyclic) bond motifs is 1. The Morgan fingerprint density at radius 2 is 2.30 bits per heavy atom. The third kappa shape index (κ3) is 2.81. The number of anilines is 2. The van der Waals surface area contributed by atoms with Crippen LogP contribution in [0.15, 0.2) is 6.07 Å². The minimum Gasteiger partial charge on any atom is -0.358 e. The summed E-state index contributed by atoms with van der Waals surface area (Å²) < 4.78 is 0. The second-order valence-electron chi connectivity index (χ2n) is 4.71. The fourth-order valence-electron chi connectivity index (χ4n) is 2.02. The van der Waals surface area contributed by atoms with E-state index in [9.17, 15) is 0 Å². The summed E-state index contributed by atoms with van der Waals surface area (Å²) in [5, 5.41) is 9.96. The van der Waals surface area contributed by atoms with Crippen LogP contribution >= 0.6 is 11.3 Å². The molecule has 0 aliphatic heterocycles. The maximum atomic E-state index is 8.95. The van der Waals surface area contributed by atoms with Crippen molar-refractivity contribution in [1.82, 2.24) is 9.97 Å². The number of thiophene rings is 1. The largest absolute Gasteiger partial charge is 0.358 e. The maximum Gasteiger partial charge on any atom is 0.240 e. The number of hydrogen-bond acceptors (Lipinski definition) is 7. The van der Waals surface area contributed by atoms with Gasteiger partial charge < -0.3 is 4.90 Å². The van der Waals surface area contributed by atoms with Gasteiger partial charge in [0.25, 0.3) is 0 Å². The highest BCUT2D eigenvalue weighted by Crippen LogP contribution is 2.32. The van der Waals surface area contributed by atoms with Crippen LogP contribution < -0.4 is 16.2 Å². The summed E-state index contributed by atoms with van der Waals surface area (Å²) in [7, 11) is 1.93. The molecule has 2 aromatic rings. The van der Waals surface area contributed by atoms with E-state index in [4.69, 9.17) is 11.1 Å². The third-order valence-electron chi connectivity index (χ3n) is 3.03. The highest BCUT2D eigenvalue weighted by Gasteiger charge is 2.15. The van der Waals surface area contributed by atoms with Crippen LogP contribution in [0.4, 0.5) is 11.8 Å². The van der Waals surface area contributed by atoms with E-state index in [-0.39, 0.29) is 5.92 Å². The zero-order valence-electron chi connectivity index (χ0n) is 11.8. The Balaban J connectivity index is 2.49. The molecule has 0 saturated carbocycles. The van der Waals surface area contributed by atoms with Crippen molar-refractivity contribution in [3.05, 3.63) is 10.9 Å². The number of nitrogens with zero attached hydrogens (tertiary/aromatic N) is 4. The molecule has 20 heavy (non-hydrogen) atoms. The summed E-state index contributed by atoms with van der Waals surface area (Å²) in [6.45, 7) is 4.62. The van der Waals surface area contributed by atoms with Crippen LogP contribution in [-0.4, -0.2) is 23.6 Å². The van der Waals surface area contributed by atoms with Gasteiger partial charge in [0.05, 0.1) is 17.4 Å². The first kappa shape index (κ1) is 14.5. The first-order valence-corrected chi connectivity index (χ1v) is 7.28. The number of aromatic nitrogens is 2. The summed E-state index contributed by atoms with van der Waals surface area (Å²) in [5.74, 6) is 6.57. The molecule has 3 N–H and O–H groups in total. The van der Waals surface area contributed by atoms with Crippen LogP contribution in [0, 0.1) is 17.2 Å². The second kappa shape index (κ2) is 6.03. The van der Waals surface area contributed by atoms with Crippen LogP contribution in [0.2, 0.25) is 0 Å². The number of nitrogens with one attached hydrogen (secondary N) is 1. The Kier molecular flexibility index (Phi) is 4.37. The predicted molar refractivity (Wildman–Crippen MR) is 82.7 cm³/mol.